The number of nitrogens with zero attached hydrogens (tertiary/aromatic N) is 1. The Labute approximate surface area is 164 Å². The average Bonchev–Trinajstić information content (AvgIpc) is 3.32. The molecular formula is C18H16Cl2N2O3S. The van der Waals surface area contributed by atoms with E-state index in [1.807, 2.05) is 11.4 Å². The van der Waals surface area contributed by atoms with Crippen LogP contribution in [0.25, 0.3) is 11.3 Å². The summed E-state index contributed by atoms with van der Waals surface area (Å²) in [5.74, 6) is -1.87. The van der Waals surface area contributed by atoms with Crippen LogP contribution in [-0.2, 0) is 9.59 Å². The Bertz CT molecular complexity index is 885. The highest BCUT2D eigenvalue weighted by Crippen LogP contribution is 2.52. The summed E-state index contributed by atoms with van der Waals surface area (Å²) in [6, 6.07) is 5.23. The number of carboxylic acid groups (broad SMARTS) is 1. The molecule has 2 aliphatic rings. The minimum absolute atomic E-state index is 0.122. The number of nitrogens with one attached hydrogen (secondary N) is 1. The lowest BCUT2D eigenvalue weighted by molar-refractivity contribution is -0.148. The van der Waals surface area contributed by atoms with Crippen molar-refractivity contribution in [3.8, 4) is 11.3 Å². The number of aliphatic carboxylic acids is 1. The largest absolute Gasteiger partial charge is 0.481 e. The molecule has 4 atom stereocenters. The van der Waals surface area contributed by atoms with Crippen LogP contribution in [0.5, 0.6) is 0 Å². The van der Waals surface area contributed by atoms with Crippen LogP contribution in [-0.4, -0.2) is 22.0 Å². The fourth-order valence-corrected chi connectivity index (χ4v) is 5.35. The molecule has 2 aliphatic carbocycles. The van der Waals surface area contributed by atoms with Crippen LogP contribution in [0.15, 0.2) is 23.6 Å². The van der Waals surface area contributed by atoms with Crippen molar-refractivity contribution in [2.24, 2.45) is 23.7 Å². The van der Waals surface area contributed by atoms with Crippen LogP contribution in [0.4, 0.5) is 5.13 Å². The SMILES string of the molecule is O=C(Nc1nc(-c2ccc(Cl)c(Cl)c2)cs1)[C@@H]1[C@@H]2CC[C@@H](C2)[C@@H]1C(=O)O. The summed E-state index contributed by atoms with van der Waals surface area (Å²) in [5.41, 5.74) is 1.49. The quantitative estimate of drug-likeness (QED) is 0.758. The smallest absolute Gasteiger partial charge is 0.307 e. The Kier molecular flexibility index (Phi) is 4.67. The monoisotopic (exact) mass is 410 g/mol. The lowest BCUT2D eigenvalue weighted by Gasteiger charge is -2.26. The Morgan fingerprint density at radius 3 is 2.58 bits per heavy atom. The number of amides is 1. The second kappa shape index (κ2) is 6.83. The molecule has 2 N–H and O–H groups in total. The summed E-state index contributed by atoms with van der Waals surface area (Å²) in [6.07, 6.45) is 2.67. The Morgan fingerprint density at radius 1 is 1.15 bits per heavy atom. The topological polar surface area (TPSA) is 79.3 Å². The van der Waals surface area contributed by atoms with Gasteiger partial charge in [0.1, 0.15) is 0 Å². The number of carbonyl (C=O) groups excluding carboxylic acids is 1. The van der Waals surface area contributed by atoms with Gasteiger partial charge in [-0.05, 0) is 43.2 Å². The van der Waals surface area contributed by atoms with E-state index in [9.17, 15) is 14.7 Å². The van der Waals surface area contributed by atoms with Crippen molar-refractivity contribution in [1.29, 1.82) is 0 Å². The predicted molar refractivity (Wildman–Crippen MR) is 102 cm³/mol. The van der Waals surface area contributed by atoms with Crippen LogP contribution in [0.2, 0.25) is 10.0 Å². The first-order chi connectivity index (χ1) is 12.4. The zero-order valence-corrected chi connectivity index (χ0v) is 15.9. The number of hydrogen-bond donors (Lipinski definition) is 2. The van der Waals surface area contributed by atoms with Crippen molar-refractivity contribution < 1.29 is 14.7 Å². The maximum Gasteiger partial charge on any atom is 0.307 e. The van der Waals surface area contributed by atoms with Crippen molar-refractivity contribution in [3.63, 3.8) is 0 Å². The predicted octanol–water partition coefficient (Wildman–Crippen LogP) is 4.80. The lowest BCUT2D eigenvalue weighted by atomic mass is 9.79. The molecule has 2 saturated carbocycles. The highest BCUT2D eigenvalue weighted by atomic mass is 35.5. The zero-order chi connectivity index (χ0) is 18.4. The van der Waals surface area contributed by atoms with Gasteiger partial charge in [0.25, 0.3) is 0 Å². The highest BCUT2D eigenvalue weighted by molar-refractivity contribution is 7.14. The molecule has 0 radical (unpaired) electrons. The number of benzene rings is 1. The molecule has 0 saturated heterocycles. The number of carbonyl (C=O) groups is 2. The summed E-state index contributed by atoms with van der Waals surface area (Å²) in [5, 5.41) is 15.5. The Morgan fingerprint density at radius 2 is 1.88 bits per heavy atom. The molecule has 136 valence electrons. The van der Waals surface area contributed by atoms with E-state index in [0.29, 0.717) is 20.9 Å². The van der Waals surface area contributed by atoms with Crippen LogP contribution >= 0.6 is 34.5 Å². The van der Waals surface area contributed by atoms with Gasteiger partial charge in [-0.1, -0.05) is 29.3 Å². The summed E-state index contributed by atoms with van der Waals surface area (Å²) < 4.78 is 0. The molecule has 1 amide bonds. The van der Waals surface area contributed by atoms with Crippen LogP contribution in [0.1, 0.15) is 19.3 Å². The average molecular weight is 411 g/mol. The maximum atomic E-state index is 12.7. The molecule has 0 aliphatic heterocycles. The number of anilines is 1. The normalized spacial score (nSPS) is 26.8. The van der Waals surface area contributed by atoms with Crippen molar-refractivity contribution in [2.45, 2.75) is 19.3 Å². The number of thiazole rings is 1. The Balaban J connectivity index is 1.51. The number of carboxylic acids is 1. The van der Waals surface area contributed by atoms with Gasteiger partial charge in [0.05, 0.1) is 27.6 Å². The summed E-state index contributed by atoms with van der Waals surface area (Å²) in [4.78, 5) is 28.7. The van der Waals surface area contributed by atoms with Gasteiger partial charge in [-0.25, -0.2) is 4.98 Å². The molecule has 0 unspecified atom stereocenters. The molecule has 26 heavy (non-hydrogen) atoms. The molecule has 4 rings (SSSR count). The van der Waals surface area contributed by atoms with Crippen LogP contribution in [0.3, 0.4) is 0 Å². The minimum Gasteiger partial charge on any atom is -0.481 e. The van der Waals surface area contributed by atoms with Gasteiger partial charge in [0.15, 0.2) is 5.13 Å². The summed E-state index contributed by atoms with van der Waals surface area (Å²) >= 11 is 13.3. The summed E-state index contributed by atoms with van der Waals surface area (Å²) in [6.45, 7) is 0. The molecule has 1 heterocycles. The van der Waals surface area contributed by atoms with Gasteiger partial charge >= 0.3 is 5.97 Å². The highest BCUT2D eigenvalue weighted by Gasteiger charge is 2.54. The number of rotatable bonds is 4. The third-order valence-electron chi connectivity index (χ3n) is 5.45. The third-order valence-corrected chi connectivity index (χ3v) is 6.95. The van der Waals surface area contributed by atoms with E-state index in [2.05, 4.69) is 10.3 Å². The lowest BCUT2D eigenvalue weighted by Crippen LogP contribution is -2.37. The molecule has 2 aromatic rings. The van der Waals surface area contributed by atoms with Crippen molar-refractivity contribution in [2.75, 3.05) is 5.32 Å². The van der Waals surface area contributed by atoms with Crippen LogP contribution < -0.4 is 5.32 Å². The van der Waals surface area contributed by atoms with Gasteiger partial charge in [-0.3, -0.25) is 9.59 Å². The van der Waals surface area contributed by atoms with E-state index in [1.54, 1.807) is 12.1 Å². The van der Waals surface area contributed by atoms with E-state index in [4.69, 9.17) is 23.2 Å². The van der Waals surface area contributed by atoms with E-state index < -0.39 is 17.8 Å². The first-order valence-corrected chi connectivity index (χ1v) is 10.0. The fraction of sp³-hybridized carbons (Fsp3) is 0.389. The molecule has 5 nitrogen and oxygen atoms in total. The van der Waals surface area contributed by atoms with Gasteiger partial charge in [0, 0.05) is 10.9 Å². The minimum atomic E-state index is -0.868. The fourth-order valence-electron chi connectivity index (χ4n) is 4.33. The zero-order valence-electron chi connectivity index (χ0n) is 13.6. The van der Waals surface area contributed by atoms with E-state index in [0.717, 1.165) is 24.8 Å². The van der Waals surface area contributed by atoms with Gasteiger partial charge in [-0.2, -0.15) is 0 Å². The Hall–Kier alpha value is -1.63. The number of hydrogen-bond acceptors (Lipinski definition) is 4. The molecule has 8 heteroatoms. The van der Waals surface area contributed by atoms with E-state index in [-0.39, 0.29) is 17.7 Å². The van der Waals surface area contributed by atoms with Crippen molar-refractivity contribution in [3.05, 3.63) is 33.6 Å². The maximum absolute atomic E-state index is 12.7. The number of halogens is 2. The molecular weight excluding hydrogens is 395 g/mol. The van der Waals surface area contributed by atoms with E-state index in [1.165, 1.54) is 11.3 Å². The molecule has 1 aromatic heterocycles. The summed E-state index contributed by atoms with van der Waals surface area (Å²) in [7, 11) is 0. The van der Waals surface area contributed by atoms with Crippen LogP contribution in [0, 0.1) is 23.7 Å². The van der Waals surface area contributed by atoms with Gasteiger partial charge in [-0.15, -0.1) is 11.3 Å². The standard InChI is InChI=1S/C18H16Cl2N2O3S/c19-11-4-3-8(6-12(11)20)13-7-26-18(21-13)22-16(23)14-9-1-2-10(5-9)15(14)17(24)25/h3-4,6-7,9-10,14-15H,1-2,5H2,(H,24,25)(H,21,22,23)/t9-,10+,14-,15+/m1/s1. The van der Waals surface area contributed by atoms with E-state index >= 15 is 0 Å². The third kappa shape index (κ3) is 3.10. The number of fused-ring (bicyclic) bond motifs is 2. The van der Waals surface area contributed by atoms with Gasteiger partial charge < -0.3 is 10.4 Å². The second-order valence-corrected chi connectivity index (χ2v) is 8.55. The molecule has 0 spiro atoms. The first kappa shape index (κ1) is 17.8. The first-order valence-electron chi connectivity index (χ1n) is 8.38. The van der Waals surface area contributed by atoms with Gasteiger partial charge in [0.2, 0.25) is 5.91 Å². The van der Waals surface area contributed by atoms with Crippen molar-refractivity contribution in [1.82, 2.24) is 4.98 Å². The molecule has 2 fully saturated rings. The van der Waals surface area contributed by atoms with Crippen molar-refractivity contribution >= 4 is 51.5 Å². The second-order valence-electron chi connectivity index (χ2n) is 6.88. The molecule has 1 aromatic carbocycles. The molecule has 2 bridgehead atoms. The number of aromatic nitrogens is 1.